The number of carbonyl (C=O) groups excluding carboxylic acids is 1. The zero-order chi connectivity index (χ0) is 21.8. The summed E-state index contributed by atoms with van der Waals surface area (Å²) in [5.74, 6) is 1.37. The highest BCUT2D eigenvalue weighted by molar-refractivity contribution is 7.22. The summed E-state index contributed by atoms with van der Waals surface area (Å²) < 4.78 is 12.1. The number of aryl methyl sites for hydroxylation is 2. The minimum Gasteiger partial charge on any atom is -0.496 e. The average molecular weight is 433 g/mol. The van der Waals surface area contributed by atoms with Crippen molar-refractivity contribution < 1.29 is 14.3 Å². The van der Waals surface area contributed by atoms with Crippen LogP contribution in [-0.2, 0) is 11.2 Å². The maximum atomic E-state index is 13.6. The molecule has 0 spiro atoms. The molecule has 0 unspecified atom stereocenters. The van der Waals surface area contributed by atoms with Gasteiger partial charge in [-0.2, -0.15) is 0 Å². The minimum atomic E-state index is -0.0473. The number of thiazole rings is 1. The van der Waals surface area contributed by atoms with E-state index in [0.717, 1.165) is 27.1 Å². The number of hydrogen-bond donors (Lipinski definition) is 0. The second-order valence-corrected chi connectivity index (χ2v) is 8.19. The molecule has 0 aliphatic carbocycles. The van der Waals surface area contributed by atoms with E-state index in [-0.39, 0.29) is 5.91 Å². The Labute approximate surface area is 185 Å². The van der Waals surface area contributed by atoms with Crippen LogP contribution in [0.3, 0.4) is 0 Å². The van der Waals surface area contributed by atoms with E-state index in [4.69, 9.17) is 14.5 Å². The number of rotatable bonds is 7. The molecule has 6 heteroatoms. The number of fused-ring (bicyclic) bond motifs is 1. The normalized spacial score (nSPS) is 10.8. The summed E-state index contributed by atoms with van der Waals surface area (Å²) in [4.78, 5) is 20.0. The van der Waals surface area contributed by atoms with Gasteiger partial charge in [-0.3, -0.25) is 9.69 Å². The molecule has 31 heavy (non-hydrogen) atoms. The smallest absolute Gasteiger partial charge is 0.233 e. The average Bonchev–Trinajstić information content (AvgIpc) is 3.21. The zero-order valence-electron chi connectivity index (χ0n) is 17.8. The summed E-state index contributed by atoms with van der Waals surface area (Å²) in [6.45, 7) is 2.00. The first-order chi connectivity index (χ1) is 15.1. The molecule has 5 nitrogen and oxygen atoms in total. The van der Waals surface area contributed by atoms with Crippen LogP contribution in [-0.4, -0.2) is 25.1 Å². The minimum absolute atomic E-state index is 0.0473. The van der Waals surface area contributed by atoms with E-state index in [1.807, 2.05) is 73.7 Å². The molecule has 1 amide bonds. The first kappa shape index (κ1) is 20.9. The summed E-state index contributed by atoms with van der Waals surface area (Å²) in [5, 5.41) is 0.634. The number of ether oxygens (including phenoxy) is 2. The van der Waals surface area contributed by atoms with E-state index >= 15 is 0 Å². The van der Waals surface area contributed by atoms with Gasteiger partial charge in [0.2, 0.25) is 5.91 Å². The van der Waals surface area contributed by atoms with Gasteiger partial charge in [-0.25, -0.2) is 4.98 Å². The monoisotopic (exact) mass is 432 g/mol. The molecule has 0 bridgehead atoms. The van der Waals surface area contributed by atoms with Crippen molar-refractivity contribution in [1.82, 2.24) is 4.98 Å². The second kappa shape index (κ2) is 9.18. The van der Waals surface area contributed by atoms with Crippen LogP contribution in [0.25, 0.3) is 10.2 Å². The highest BCUT2D eigenvalue weighted by Gasteiger charge is 2.25. The highest BCUT2D eigenvalue weighted by atomic mass is 32.1. The maximum absolute atomic E-state index is 13.6. The first-order valence-electron chi connectivity index (χ1n) is 10.1. The summed E-state index contributed by atoms with van der Waals surface area (Å²) in [6, 6.07) is 21.5. The van der Waals surface area contributed by atoms with Gasteiger partial charge < -0.3 is 9.47 Å². The molecular weight excluding hydrogens is 408 g/mol. The number of anilines is 2. The third kappa shape index (κ3) is 4.39. The van der Waals surface area contributed by atoms with Crippen molar-refractivity contribution in [3.63, 3.8) is 0 Å². The van der Waals surface area contributed by atoms with Crippen molar-refractivity contribution in [3.05, 3.63) is 77.9 Å². The standard InChI is InChI=1S/C25H24N2O3S/c1-17-12-14-22(30-3)20(16-17)27(25-26-19-9-5-7-11-23(19)31-25)24(28)15-13-18-8-4-6-10-21(18)29-2/h4-12,14,16H,13,15H2,1-3H3. The number of methoxy groups -OCH3 is 2. The molecular formula is C25H24N2O3S. The first-order valence-corrected chi connectivity index (χ1v) is 10.9. The largest absolute Gasteiger partial charge is 0.496 e. The fourth-order valence-electron chi connectivity index (χ4n) is 3.54. The number of nitrogens with zero attached hydrogens (tertiary/aromatic N) is 2. The van der Waals surface area contributed by atoms with Crippen LogP contribution in [0.5, 0.6) is 11.5 Å². The van der Waals surface area contributed by atoms with Crippen LogP contribution in [0.2, 0.25) is 0 Å². The lowest BCUT2D eigenvalue weighted by atomic mass is 10.1. The summed E-state index contributed by atoms with van der Waals surface area (Å²) in [7, 11) is 3.26. The fraction of sp³-hybridized carbons (Fsp3) is 0.200. The molecule has 0 aliphatic rings. The Morgan fingerprint density at radius 1 is 0.968 bits per heavy atom. The molecule has 0 saturated carbocycles. The molecule has 4 rings (SSSR count). The Bertz CT molecular complexity index is 1190. The quantitative estimate of drug-likeness (QED) is 0.364. The predicted molar refractivity (Wildman–Crippen MR) is 126 cm³/mol. The summed E-state index contributed by atoms with van der Waals surface area (Å²) in [6.07, 6.45) is 0.881. The second-order valence-electron chi connectivity index (χ2n) is 7.18. The van der Waals surface area contributed by atoms with E-state index < -0.39 is 0 Å². The van der Waals surface area contributed by atoms with Gasteiger partial charge in [0.1, 0.15) is 11.5 Å². The van der Waals surface area contributed by atoms with Gasteiger partial charge in [0.05, 0.1) is 30.1 Å². The van der Waals surface area contributed by atoms with Gasteiger partial charge in [-0.15, -0.1) is 0 Å². The van der Waals surface area contributed by atoms with Crippen LogP contribution < -0.4 is 14.4 Å². The van der Waals surface area contributed by atoms with Gasteiger partial charge in [0, 0.05) is 6.42 Å². The van der Waals surface area contributed by atoms with Gasteiger partial charge >= 0.3 is 0 Å². The number of aromatic nitrogens is 1. The van der Waals surface area contributed by atoms with Gasteiger partial charge in [0.25, 0.3) is 0 Å². The maximum Gasteiger partial charge on any atom is 0.233 e. The molecule has 0 N–H and O–H groups in total. The Kier molecular flexibility index (Phi) is 6.18. The van der Waals surface area contributed by atoms with Crippen LogP contribution >= 0.6 is 11.3 Å². The predicted octanol–water partition coefficient (Wildman–Crippen LogP) is 5.92. The third-order valence-corrected chi connectivity index (χ3v) is 6.12. The molecule has 0 fully saturated rings. The summed E-state index contributed by atoms with van der Waals surface area (Å²) >= 11 is 1.50. The Balaban J connectivity index is 1.73. The fourth-order valence-corrected chi connectivity index (χ4v) is 4.53. The van der Waals surface area contributed by atoms with Gasteiger partial charge in [-0.05, 0) is 54.8 Å². The van der Waals surface area contributed by atoms with Crippen molar-refractivity contribution in [2.75, 3.05) is 19.1 Å². The van der Waals surface area contributed by atoms with E-state index in [9.17, 15) is 4.79 Å². The highest BCUT2D eigenvalue weighted by Crippen LogP contribution is 2.39. The number of para-hydroxylation sites is 2. The van der Waals surface area contributed by atoms with Crippen molar-refractivity contribution in [1.29, 1.82) is 0 Å². The third-order valence-electron chi connectivity index (χ3n) is 5.10. The van der Waals surface area contributed by atoms with E-state index in [2.05, 4.69) is 0 Å². The molecule has 3 aromatic carbocycles. The molecule has 0 atom stereocenters. The Hall–Kier alpha value is -3.38. The molecule has 158 valence electrons. The van der Waals surface area contributed by atoms with Crippen molar-refractivity contribution in [2.24, 2.45) is 0 Å². The summed E-state index contributed by atoms with van der Waals surface area (Å²) in [5.41, 5.74) is 3.61. The van der Waals surface area contributed by atoms with Crippen molar-refractivity contribution in [3.8, 4) is 11.5 Å². The van der Waals surface area contributed by atoms with Crippen LogP contribution in [0, 0.1) is 6.92 Å². The lowest BCUT2D eigenvalue weighted by Gasteiger charge is -2.23. The SMILES string of the molecule is COc1ccccc1CCC(=O)N(c1nc2ccccc2s1)c1cc(C)ccc1OC. The van der Waals surface area contributed by atoms with E-state index in [1.165, 1.54) is 11.3 Å². The lowest BCUT2D eigenvalue weighted by molar-refractivity contribution is -0.117. The van der Waals surface area contributed by atoms with E-state index in [1.54, 1.807) is 19.1 Å². The molecule has 1 aromatic heterocycles. The van der Waals surface area contributed by atoms with E-state index in [0.29, 0.717) is 29.4 Å². The number of amides is 1. The molecule has 0 radical (unpaired) electrons. The topological polar surface area (TPSA) is 51.7 Å². The number of hydrogen-bond acceptors (Lipinski definition) is 5. The molecule has 4 aromatic rings. The van der Waals surface area contributed by atoms with Crippen LogP contribution in [0.1, 0.15) is 17.5 Å². The number of carbonyl (C=O) groups is 1. The zero-order valence-corrected chi connectivity index (χ0v) is 18.6. The Morgan fingerprint density at radius 2 is 1.71 bits per heavy atom. The van der Waals surface area contributed by atoms with Crippen LogP contribution in [0.4, 0.5) is 10.8 Å². The molecule has 0 aliphatic heterocycles. The molecule has 0 saturated heterocycles. The Morgan fingerprint density at radius 3 is 2.48 bits per heavy atom. The number of benzene rings is 3. The van der Waals surface area contributed by atoms with Gasteiger partial charge in [-0.1, -0.05) is 47.7 Å². The van der Waals surface area contributed by atoms with Crippen molar-refractivity contribution >= 4 is 38.3 Å². The molecule has 1 heterocycles. The lowest BCUT2D eigenvalue weighted by Crippen LogP contribution is -2.26. The van der Waals surface area contributed by atoms with Gasteiger partial charge in [0.15, 0.2) is 5.13 Å². The van der Waals surface area contributed by atoms with Crippen molar-refractivity contribution in [2.45, 2.75) is 19.8 Å². The van der Waals surface area contributed by atoms with Crippen LogP contribution in [0.15, 0.2) is 66.7 Å².